The normalized spacial score (nSPS) is 20.5. The molecule has 1 aromatic carbocycles. The van der Waals surface area contributed by atoms with Crippen molar-refractivity contribution < 1.29 is 0 Å². The molecule has 1 heteroatoms. The van der Waals surface area contributed by atoms with Gasteiger partial charge in [0.05, 0.1) is 5.41 Å². The van der Waals surface area contributed by atoms with Gasteiger partial charge in [0.15, 0.2) is 0 Å². The van der Waals surface area contributed by atoms with Crippen LogP contribution in [0.5, 0.6) is 0 Å². The number of thiol groups is 1. The highest BCUT2D eigenvalue weighted by atomic mass is 32.1. The van der Waals surface area contributed by atoms with Crippen LogP contribution < -0.4 is 0 Å². The first-order chi connectivity index (χ1) is 12.4. The van der Waals surface area contributed by atoms with Gasteiger partial charge < -0.3 is 0 Å². The summed E-state index contributed by atoms with van der Waals surface area (Å²) in [6, 6.07) is 6.39. The van der Waals surface area contributed by atoms with Crippen LogP contribution in [0.25, 0.3) is 5.57 Å². The van der Waals surface area contributed by atoms with Crippen molar-refractivity contribution in [3.8, 4) is 0 Å². The van der Waals surface area contributed by atoms with Crippen molar-refractivity contribution in [3.63, 3.8) is 0 Å². The molecule has 26 heavy (non-hydrogen) atoms. The van der Waals surface area contributed by atoms with Crippen LogP contribution in [-0.2, 0) is 5.41 Å². The summed E-state index contributed by atoms with van der Waals surface area (Å²) >= 11 is 4.64. The van der Waals surface area contributed by atoms with E-state index < -0.39 is 0 Å². The van der Waals surface area contributed by atoms with Crippen LogP contribution in [0.4, 0.5) is 0 Å². The number of benzene rings is 1. The molecule has 1 aromatic rings. The molecule has 1 spiro atoms. The largest absolute Gasteiger partial charge is 0.143 e. The van der Waals surface area contributed by atoms with Gasteiger partial charge in [0.2, 0.25) is 0 Å². The first kappa shape index (κ1) is 18.5. The molecule has 0 radical (unpaired) electrons. The Morgan fingerprint density at radius 2 is 1.58 bits per heavy atom. The molecule has 0 heterocycles. The highest BCUT2D eigenvalue weighted by Gasteiger charge is 2.52. The van der Waals surface area contributed by atoms with Crippen LogP contribution in [-0.4, -0.2) is 0 Å². The van der Waals surface area contributed by atoms with Crippen LogP contribution in [0, 0.1) is 0 Å². The average Bonchev–Trinajstić information content (AvgIpc) is 2.97. The Balaban J connectivity index is 2.55. The molecule has 0 saturated heterocycles. The van der Waals surface area contributed by atoms with Crippen LogP contribution >= 0.6 is 12.6 Å². The minimum Gasteiger partial charge on any atom is -0.143 e. The Hall–Kier alpha value is -2.25. The van der Waals surface area contributed by atoms with Crippen molar-refractivity contribution in [1.82, 2.24) is 0 Å². The zero-order valence-corrected chi connectivity index (χ0v) is 17.0. The predicted molar refractivity (Wildman–Crippen MR) is 118 cm³/mol. The van der Waals surface area contributed by atoms with Crippen molar-refractivity contribution in [3.05, 3.63) is 107 Å². The van der Waals surface area contributed by atoms with Crippen LogP contribution in [0.3, 0.4) is 0 Å². The quantitative estimate of drug-likeness (QED) is 0.545. The number of hydrogen-bond acceptors (Lipinski definition) is 1. The number of rotatable bonds is 3. The zero-order valence-electron chi connectivity index (χ0n) is 16.1. The van der Waals surface area contributed by atoms with E-state index in [1.54, 1.807) is 0 Å². The SMILES string of the molecule is C=C/C=C1\C(=C)c2ccc(S)cc2C12C(/C=C\C)=C(C)C(C)=C2/C=C\C. The van der Waals surface area contributed by atoms with Gasteiger partial charge in [0.25, 0.3) is 0 Å². The van der Waals surface area contributed by atoms with Crippen molar-refractivity contribution in [2.45, 2.75) is 38.0 Å². The molecule has 0 nitrogen and oxygen atoms in total. The third-order valence-corrected chi connectivity index (χ3v) is 5.87. The number of fused-ring (bicyclic) bond motifs is 2. The molecular weight excluding hydrogens is 332 g/mol. The van der Waals surface area contributed by atoms with E-state index in [4.69, 9.17) is 0 Å². The Morgan fingerprint density at radius 1 is 1.00 bits per heavy atom. The molecule has 2 aliphatic rings. The lowest BCUT2D eigenvalue weighted by Crippen LogP contribution is -2.27. The average molecular weight is 359 g/mol. The topological polar surface area (TPSA) is 0 Å². The van der Waals surface area contributed by atoms with E-state index in [9.17, 15) is 0 Å². The summed E-state index contributed by atoms with van der Waals surface area (Å²) in [6.07, 6.45) is 12.8. The molecule has 0 atom stereocenters. The van der Waals surface area contributed by atoms with Crippen molar-refractivity contribution >= 4 is 18.2 Å². The number of allylic oxidation sites excluding steroid dienone is 12. The molecule has 132 valence electrons. The van der Waals surface area contributed by atoms with E-state index in [1.807, 2.05) is 12.1 Å². The highest BCUT2D eigenvalue weighted by Crippen LogP contribution is 2.62. The van der Waals surface area contributed by atoms with Crippen LogP contribution in [0.2, 0.25) is 0 Å². The fourth-order valence-corrected chi connectivity index (χ4v) is 4.69. The summed E-state index contributed by atoms with van der Waals surface area (Å²) in [5.41, 5.74) is 9.69. The standard InChI is InChI=1S/C25H26S/c1-7-10-21-16(4)17(5)22(11-8-2)25(21)23(12-9-3)18(6)20-14-13-19(26)15-24(20)25/h7-15,26H,3,6H2,1-2,4-5H3/b10-7-,11-8-,23-12+. The van der Waals surface area contributed by atoms with E-state index in [1.165, 1.54) is 39.0 Å². The van der Waals surface area contributed by atoms with E-state index in [0.717, 1.165) is 10.5 Å². The Morgan fingerprint density at radius 3 is 2.08 bits per heavy atom. The fraction of sp³-hybridized carbons (Fsp3) is 0.200. The maximum atomic E-state index is 4.64. The molecule has 0 fully saturated rings. The third kappa shape index (κ3) is 2.30. The Bertz CT molecular complexity index is 924. The molecule has 0 aliphatic heterocycles. The maximum Gasteiger partial charge on any atom is 0.0718 e. The summed E-state index contributed by atoms with van der Waals surface area (Å²) in [6.45, 7) is 17.0. The second-order valence-corrected chi connectivity index (χ2v) is 7.37. The molecular formula is C25H26S. The summed E-state index contributed by atoms with van der Waals surface area (Å²) in [5.74, 6) is 0. The van der Waals surface area contributed by atoms with E-state index in [2.05, 4.69) is 96.0 Å². The van der Waals surface area contributed by atoms with Crippen molar-refractivity contribution in [2.75, 3.05) is 0 Å². The van der Waals surface area contributed by atoms with Gasteiger partial charge in [0.1, 0.15) is 0 Å². The summed E-state index contributed by atoms with van der Waals surface area (Å²) in [4.78, 5) is 0.970. The monoisotopic (exact) mass is 358 g/mol. The van der Waals surface area contributed by atoms with Crippen LogP contribution in [0.15, 0.2) is 101 Å². The summed E-state index contributed by atoms with van der Waals surface area (Å²) < 4.78 is 0. The third-order valence-electron chi connectivity index (χ3n) is 5.59. The van der Waals surface area contributed by atoms with Gasteiger partial charge in [-0.25, -0.2) is 0 Å². The smallest absolute Gasteiger partial charge is 0.0718 e. The second-order valence-electron chi connectivity index (χ2n) is 6.85. The molecule has 0 unspecified atom stereocenters. The summed E-state index contributed by atoms with van der Waals surface area (Å²) in [5, 5.41) is 0. The summed E-state index contributed by atoms with van der Waals surface area (Å²) in [7, 11) is 0. The Labute approximate surface area is 163 Å². The molecule has 0 aromatic heterocycles. The van der Waals surface area contributed by atoms with E-state index in [-0.39, 0.29) is 5.41 Å². The lowest BCUT2D eigenvalue weighted by atomic mass is 9.68. The van der Waals surface area contributed by atoms with Gasteiger partial charge >= 0.3 is 0 Å². The van der Waals surface area contributed by atoms with Crippen molar-refractivity contribution in [2.24, 2.45) is 0 Å². The van der Waals surface area contributed by atoms with Gasteiger partial charge in [-0.3, -0.25) is 0 Å². The van der Waals surface area contributed by atoms with Gasteiger partial charge in [-0.05, 0) is 84.4 Å². The molecule has 0 amide bonds. The van der Waals surface area contributed by atoms with E-state index >= 15 is 0 Å². The zero-order chi connectivity index (χ0) is 19.1. The van der Waals surface area contributed by atoms with E-state index in [0.29, 0.717) is 0 Å². The van der Waals surface area contributed by atoms with Gasteiger partial charge in [-0.15, -0.1) is 12.6 Å². The predicted octanol–water partition coefficient (Wildman–Crippen LogP) is 7.15. The highest BCUT2D eigenvalue weighted by molar-refractivity contribution is 7.80. The molecule has 0 saturated carbocycles. The number of hydrogen-bond donors (Lipinski definition) is 1. The minimum absolute atomic E-state index is 0.341. The minimum atomic E-state index is -0.341. The first-order valence-corrected chi connectivity index (χ1v) is 9.44. The molecule has 3 rings (SSSR count). The van der Waals surface area contributed by atoms with Crippen LogP contribution in [0.1, 0.15) is 38.8 Å². The van der Waals surface area contributed by atoms with Gasteiger partial charge in [-0.1, -0.05) is 55.7 Å². The lowest BCUT2D eigenvalue weighted by Gasteiger charge is -2.33. The van der Waals surface area contributed by atoms with Gasteiger partial charge in [0, 0.05) is 4.90 Å². The van der Waals surface area contributed by atoms with Gasteiger partial charge in [-0.2, -0.15) is 0 Å². The van der Waals surface area contributed by atoms with Crippen molar-refractivity contribution in [1.29, 1.82) is 0 Å². The molecule has 2 aliphatic carbocycles. The Kier molecular flexibility index (Phi) is 4.86. The first-order valence-electron chi connectivity index (χ1n) is 8.99. The maximum absolute atomic E-state index is 4.64. The fourth-order valence-electron chi connectivity index (χ4n) is 4.49. The lowest BCUT2D eigenvalue weighted by molar-refractivity contribution is 0.775. The molecule has 0 bridgehead atoms. The second kappa shape index (κ2) is 6.81. The molecule has 0 N–H and O–H groups in total.